The Bertz CT molecular complexity index is 620. The summed E-state index contributed by atoms with van der Waals surface area (Å²) in [6, 6.07) is 6.19. The van der Waals surface area contributed by atoms with Crippen molar-refractivity contribution in [2.75, 3.05) is 6.54 Å². The molecule has 5 heteroatoms. The number of amides is 1. The van der Waals surface area contributed by atoms with Crippen molar-refractivity contribution >= 4 is 11.6 Å². The minimum absolute atomic E-state index is 0.115. The molecule has 0 radical (unpaired) electrons. The molecule has 0 aliphatic heterocycles. The van der Waals surface area contributed by atoms with Gasteiger partial charge in [0.05, 0.1) is 4.92 Å². The number of rotatable bonds is 4. The van der Waals surface area contributed by atoms with Crippen molar-refractivity contribution in [3.63, 3.8) is 0 Å². The Morgan fingerprint density at radius 1 is 1.13 bits per heavy atom. The molecule has 1 aromatic rings. The molecule has 4 aliphatic carbocycles. The average molecular weight is 314 g/mol. The highest BCUT2D eigenvalue weighted by Crippen LogP contribution is 2.59. The number of para-hydroxylation sites is 1. The fraction of sp³-hybridized carbons (Fsp3) is 0.611. The Labute approximate surface area is 135 Å². The Morgan fingerprint density at radius 2 is 1.70 bits per heavy atom. The lowest BCUT2D eigenvalue weighted by Gasteiger charge is -2.56. The second kappa shape index (κ2) is 5.32. The molecule has 4 fully saturated rings. The lowest BCUT2D eigenvalue weighted by Crippen LogP contribution is -2.51. The molecule has 23 heavy (non-hydrogen) atoms. The number of nitrogens with zero attached hydrogens (tertiary/aromatic N) is 1. The van der Waals surface area contributed by atoms with Crippen LogP contribution in [-0.4, -0.2) is 17.4 Å². The lowest BCUT2D eigenvalue weighted by atomic mass is 9.49. The lowest BCUT2D eigenvalue weighted by molar-refractivity contribution is -0.385. The van der Waals surface area contributed by atoms with E-state index < -0.39 is 4.92 Å². The normalized spacial score (nSPS) is 34.3. The summed E-state index contributed by atoms with van der Waals surface area (Å²) < 4.78 is 0. The van der Waals surface area contributed by atoms with Gasteiger partial charge < -0.3 is 5.32 Å². The summed E-state index contributed by atoms with van der Waals surface area (Å²) in [5, 5.41) is 14.1. The van der Waals surface area contributed by atoms with E-state index in [4.69, 9.17) is 0 Å². The van der Waals surface area contributed by atoms with Crippen LogP contribution in [0.5, 0.6) is 0 Å². The van der Waals surface area contributed by atoms with Crippen molar-refractivity contribution < 1.29 is 9.72 Å². The summed E-state index contributed by atoms with van der Waals surface area (Å²) in [6.45, 7) is 0.668. The van der Waals surface area contributed by atoms with E-state index in [2.05, 4.69) is 5.32 Å². The first kappa shape index (κ1) is 14.7. The minimum Gasteiger partial charge on any atom is -0.351 e. The zero-order valence-electron chi connectivity index (χ0n) is 13.2. The quantitative estimate of drug-likeness (QED) is 0.682. The molecule has 4 saturated carbocycles. The molecule has 1 N–H and O–H groups in total. The Morgan fingerprint density at radius 3 is 2.26 bits per heavy atom. The fourth-order valence-corrected chi connectivity index (χ4v) is 5.69. The smallest absolute Gasteiger partial charge is 0.282 e. The van der Waals surface area contributed by atoms with Crippen LogP contribution in [0.3, 0.4) is 0 Å². The van der Waals surface area contributed by atoms with Crippen LogP contribution in [0.25, 0.3) is 0 Å². The van der Waals surface area contributed by atoms with Crippen LogP contribution in [0.4, 0.5) is 5.69 Å². The Hall–Kier alpha value is -1.91. The number of nitrogens with one attached hydrogen (secondary N) is 1. The zero-order chi connectivity index (χ0) is 16.0. The first-order valence-corrected chi connectivity index (χ1v) is 8.56. The molecule has 0 unspecified atom stereocenters. The molecule has 0 heterocycles. The van der Waals surface area contributed by atoms with Crippen LogP contribution in [0, 0.1) is 33.3 Å². The van der Waals surface area contributed by atoms with Crippen LogP contribution in [-0.2, 0) is 0 Å². The number of carbonyl (C=O) groups is 1. The van der Waals surface area contributed by atoms with E-state index in [0.29, 0.717) is 6.54 Å². The molecule has 4 bridgehead atoms. The van der Waals surface area contributed by atoms with Crippen LogP contribution in [0.2, 0.25) is 0 Å². The molecule has 1 aromatic carbocycles. The third-order valence-corrected chi connectivity index (χ3v) is 6.13. The Kier molecular flexibility index (Phi) is 3.39. The van der Waals surface area contributed by atoms with Gasteiger partial charge in [-0.15, -0.1) is 0 Å². The van der Waals surface area contributed by atoms with Crippen molar-refractivity contribution in [3.05, 3.63) is 39.9 Å². The number of hydrogen-bond acceptors (Lipinski definition) is 3. The monoisotopic (exact) mass is 314 g/mol. The summed E-state index contributed by atoms with van der Waals surface area (Å²) in [7, 11) is 0. The van der Waals surface area contributed by atoms with Gasteiger partial charge in [0.15, 0.2) is 0 Å². The van der Waals surface area contributed by atoms with Crippen molar-refractivity contribution in [1.29, 1.82) is 0 Å². The molecule has 1 amide bonds. The van der Waals surface area contributed by atoms with E-state index in [1.807, 2.05) is 0 Å². The van der Waals surface area contributed by atoms with Crippen LogP contribution >= 0.6 is 0 Å². The Balaban J connectivity index is 1.47. The average Bonchev–Trinajstić information content (AvgIpc) is 2.51. The standard InChI is InChI=1S/C18H22N2O3/c21-17(15-3-1-2-4-16(15)20(22)23)19-11-18-8-12-5-13(9-18)7-14(6-12)10-18/h1-4,12-14H,5-11H2,(H,19,21). The molecule has 5 nitrogen and oxygen atoms in total. The van der Waals surface area contributed by atoms with E-state index in [1.165, 1.54) is 50.7 Å². The van der Waals surface area contributed by atoms with Crippen molar-refractivity contribution in [2.45, 2.75) is 38.5 Å². The van der Waals surface area contributed by atoms with Gasteiger partial charge in [-0.3, -0.25) is 14.9 Å². The first-order valence-electron chi connectivity index (χ1n) is 8.56. The SMILES string of the molecule is O=C(NCC12CC3CC(CC(C3)C1)C2)c1ccccc1[N+](=O)[O-]. The van der Waals surface area contributed by atoms with E-state index in [-0.39, 0.29) is 22.6 Å². The van der Waals surface area contributed by atoms with E-state index in [0.717, 1.165) is 17.8 Å². The highest BCUT2D eigenvalue weighted by atomic mass is 16.6. The third-order valence-electron chi connectivity index (χ3n) is 6.13. The van der Waals surface area contributed by atoms with Crippen LogP contribution in [0.1, 0.15) is 48.9 Å². The molecule has 4 aliphatic rings. The van der Waals surface area contributed by atoms with E-state index in [9.17, 15) is 14.9 Å². The first-order chi connectivity index (χ1) is 11.0. The topological polar surface area (TPSA) is 72.2 Å². The second-order valence-corrected chi connectivity index (χ2v) is 7.87. The molecule has 0 atom stereocenters. The predicted molar refractivity (Wildman–Crippen MR) is 86.0 cm³/mol. The maximum absolute atomic E-state index is 12.4. The molecular formula is C18H22N2O3. The van der Waals surface area contributed by atoms with Crippen molar-refractivity contribution in [2.24, 2.45) is 23.2 Å². The highest BCUT2D eigenvalue weighted by Gasteiger charge is 2.50. The summed E-state index contributed by atoms with van der Waals surface area (Å²) in [5.74, 6) is 2.20. The number of benzene rings is 1. The van der Waals surface area contributed by atoms with Gasteiger partial charge >= 0.3 is 0 Å². The predicted octanol–water partition coefficient (Wildman–Crippen LogP) is 3.54. The van der Waals surface area contributed by atoms with Gasteiger partial charge in [-0.05, 0) is 67.8 Å². The van der Waals surface area contributed by atoms with Crippen molar-refractivity contribution in [1.82, 2.24) is 5.32 Å². The molecule has 0 saturated heterocycles. The minimum atomic E-state index is -0.486. The molecule has 122 valence electrons. The largest absolute Gasteiger partial charge is 0.351 e. The summed E-state index contributed by atoms with van der Waals surface area (Å²) in [5.41, 5.74) is 0.297. The molecule has 5 rings (SSSR count). The number of nitro groups is 1. The third kappa shape index (κ3) is 2.62. The van der Waals surface area contributed by atoms with Gasteiger partial charge in [-0.25, -0.2) is 0 Å². The molecule has 0 aromatic heterocycles. The maximum Gasteiger partial charge on any atom is 0.282 e. The number of carbonyl (C=O) groups excluding carboxylic acids is 1. The number of hydrogen-bond donors (Lipinski definition) is 1. The van der Waals surface area contributed by atoms with Crippen LogP contribution in [0.15, 0.2) is 24.3 Å². The summed E-state index contributed by atoms with van der Waals surface area (Å²) >= 11 is 0. The van der Waals surface area contributed by atoms with E-state index >= 15 is 0 Å². The van der Waals surface area contributed by atoms with Crippen LogP contribution < -0.4 is 5.32 Å². The summed E-state index contributed by atoms with van der Waals surface area (Å²) in [6.07, 6.45) is 7.77. The number of nitro benzene ring substituents is 1. The van der Waals surface area contributed by atoms with E-state index in [1.54, 1.807) is 12.1 Å². The second-order valence-electron chi connectivity index (χ2n) is 7.87. The fourth-order valence-electron chi connectivity index (χ4n) is 5.69. The molecule has 0 spiro atoms. The maximum atomic E-state index is 12.4. The van der Waals surface area contributed by atoms with Gasteiger partial charge in [0.2, 0.25) is 0 Å². The van der Waals surface area contributed by atoms with Gasteiger partial charge in [0.1, 0.15) is 5.56 Å². The van der Waals surface area contributed by atoms with Crippen molar-refractivity contribution in [3.8, 4) is 0 Å². The summed E-state index contributed by atoms with van der Waals surface area (Å²) in [4.78, 5) is 23.0. The van der Waals surface area contributed by atoms with Gasteiger partial charge in [0.25, 0.3) is 11.6 Å². The zero-order valence-corrected chi connectivity index (χ0v) is 13.2. The van der Waals surface area contributed by atoms with Gasteiger partial charge in [-0.2, -0.15) is 0 Å². The van der Waals surface area contributed by atoms with Gasteiger partial charge in [0, 0.05) is 12.6 Å². The molecular weight excluding hydrogens is 292 g/mol. The highest BCUT2D eigenvalue weighted by molar-refractivity contribution is 5.98. The van der Waals surface area contributed by atoms with Gasteiger partial charge in [-0.1, -0.05) is 12.1 Å².